The average Bonchev–Trinajstić information content (AvgIpc) is 2.45. The summed E-state index contributed by atoms with van der Waals surface area (Å²) in [5.41, 5.74) is 0.931. The molecule has 2 rings (SSSR count). The van der Waals surface area contributed by atoms with Crippen molar-refractivity contribution in [3.05, 3.63) is 24.5 Å². The van der Waals surface area contributed by atoms with E-state index in [1.807, 2.05) is 31.1 Å². The van der Waals surface area contributed by atoms with Gasteiger partial charge in [-0.3, -0.25) is 4.98 Å². The molecule has 0 fully saturated rings. The number of hydrogen-bond donors (Lipinski definition) is 1. The molecule has 2 heterocycles. The highest BCUT2D eigenvalue weighted by Gasteiger charge is 2.09. The molecule has 1 N–H and O–H groups in total. The number of nitrogens with zero attached hydrogens (tertiary/aromatic N) is 5. The number of nitrogens with one attached hydrogen (secondary N) is 1. The Hall–Kier alpha value is -2.24. The number of rotatable bonds is 5. The van der Waals surface area contributed by atoms with Crippen molar-refractivity contribution in [1.82, 2.24) is 19.9 Å². The van der Waals surface area contributed by atoms with E-state index in [9.17, 15) is 0 Å². The van der Waals surface area contributed by atoms with Gasteiger partial charge in [0, 0.05) is 38.6 Å². The van der Waals surface area contributed by atoms with Crippen molar-refractivity contribution >= 4 is 11.9 Å². The third-order valence-electron chi connectivity index (χ3n) is 2.50. The Morgan fingerprint density at radius 3 is 2.47 bits per heavy atom. The standard InChI is InChI=1S/C13H18N6/c1-4-7-15-12-16-11(10-5-8-14-9-6-10)17-13(18-12)19(2)3/h5-6,8-9H,4,7H2,1-3H3,(H,15,16,17,18). The van der Waals surface area contributed by atoms with Crippen molar-refractivity contribution in [2.45, 2.75) is 13.3 Å². The van der Waals surface area contributed by atoms with Gasteiger partial charge in [0.15, 0.2) is 5.82 Å². The summed E-state index contributed by atoms with van der Waals surface area (Å²) in [7, 11) is 3.82. The van der Waals surface area contributed by atoms with Gasteiger partial charge in [-0.25, -0.2) is 0 Å². The molecule has 6 nitrogen and oxygen atoms in total. The summed E-state index contributed by atoms with van der Waals surface area (Å²) in [4.78, 5) is 19.1. The monoisotopic (exact) mass is 258 g/mol. The number of hydrogen-bond acceptors (Lipinski definition) is 6. The van der Waals surface area contributed by atoms with E-state index in [2.05, 4.69) is 32.2 Å². The van der Waals surface area contributed by atoms with Gasteiger partial charge >= 0.3 is 0 Å². The van der Waals surface area contributed by atoms with Crippen LogP contribution in [0.2, 0.25) is 0 Å². The highest BCUT2D eigenvalue weighted by atomic mass is 15.3. The molecule has 100 valence electrons. The lowest BCUT2D eigenvalue weighted by atomic mass is 10.2. The van der Waals surface area contributed by atoms with Gasteiger partial charge in [0.1, 0.15) is 0 Å². The Balaban J connectivity index is 2.39. The number of aromatic nitrogens is 4. The van der Waals surface area contributed by atoms with Crippen LogP contribution in [0.5, 0.6) is 0 Å². The van der Waals surface area contributed by atoms with Crippen LogP contribution in [0.1, 0.15) is 13.3 Å². The summed E-state index contributed by atoms with van der Waals surface area (Å²) < 4.78 is 0. The summed E-state index contributed by atoms with van der Waals surface area (Å²) in [5, 5.41) is 3.20. The summed E-state index contributed by atoms with van der Waals surface area (Å²) >= 11 is 0. The third kappa shape index (κ3) is 3.37. The van der Waals surface area contributed by atoms with Crippen molar-refractivity contribution in [2.75, 3.05) is 30.9 Å². The second kappa shape index (κ2) is 6.08. The lowest BCUT2D eigenvalue weighted by Crippen LogP contribution is -2.16. The fourth-order valence-corrected chi connectivity index (χ4v) is 1.51. The maximum atomic E-state index is 4.45. The predicted molar refractivity (Wildman–Crippen MR) is 76.2 cm³/mol. The first-order chi connectivity index (χ1) is 9.20. The number of anilines is 2. The van der Waals surface area contributed by atoms with Crippen LogP contribution in [-0.2, 0) is 0 Å². The maximum Gasteiger partial charge on any atom is 0.230 e. The molecule has 0 aliphatic carbocycles. The van der Waals surface area contributed by atoms with Gasteiger partial charge in [0.25, 0.3) is 0 Å². The van der Waals surface area contributed by atoms with E-state index >= 15 is 0 Å². The van der Waals surface area contributed by atoms with Crippen LogP contribution in [0.15, 0.2) is 24.5 Å². The van der Waals surface area contributed by atoms with Crippen LogP contribution in [0.3, 0.4) is 0 Å². The molecule has 19 heavy (non-hydrogen) atoms. The average molecular weight is 258 g/mol. The Morgan fingerprint density at radius 2 is 1.84 bits per heavy atom. The van der Waals surface area contributed by atoms with E-state index in [1.54, 1.807) is 12.4 Å². The molecule has 0 atom stereocenters. The largest absolute Gasteiger partial charge is 0.354 e. The van der Waals surface area contributed by atoms with Crippen molar-refractivity contribution in [1.29, 1.82) is 0 Å². The molecule has 0 amide bonds. The first-order valence-corrected chi connectivity index (χ1v) is 6.28. The van der Waals surface area contributed by atoms with E-state index in [4.69, 9.17) is 0 Å². The summed E-state index contributed by atoms with van der Waals surface area (Å²) in [6.45, 7) is 2.94. The molecule has 0 spiro atoms. The molecule has 0 saturated carbocycles. The molecule has 0 aliphatic heterocycles. The highest BCUT2D eigenvalue weighted by Crippen LogP contribution is 2.17. The zero-order valence-electron chi connectivity index (χ0n) is 11.5. The van der Waals surface area contributed by atoms with E-state index in [0.717, 1.165) is 18.5 Å². The summed E-state index contributed by atoms with van der Waals surface area (Å²) in [6.07, 6.45) is 4.48. The normalized spacial score (nSPS) is 10.3. The molecule has 0 bridgehead atoms. The Kier molecular flexibility index (Phi) is 4.22. The van der Waals surface area contributed by atoms with Gasteiger partial charge < -0.3 is 10.2 Å². The molecular weight excluding hydrogens is 240 g/mol. The number of pyridine rings is 1. The zero-order chi connectivity index (χ0) is 13.7. The molecule has 2 aromatic rings. The van der Waals surface area contributed by atoms with Crippen molar-refractivity contribution in [3.8, 4) is 11.4 Å². The fraction of sp³-hybridized carbons (Fsp3) is 0.385. The van der Waals surface area contributed by atoms with Gasteiger partial charge in [-0.2, -0.15) is 15.0 Å². The molecule has 0 unspecified atom stereocenters. The van der Waals surface area contributed by atoms with Crippen LogP contribution in [0.4, 0.5) is 11.9 Å². The first-order valence-electron chi connectivity index (χ1n) is 6.28. The van der Waals surface area contributed by atoms with Gasteiger partial charge in [0.2, 0.25) is 11.9 Å². The zero-order valence-corrected chi connectivity index (χ0v) is 11.5. The van der Waals surface area contributed by atoms with Crippen LogP contribution in [0.25, 0.3) is 11.4 Å². The van der Waals surface area contributed by atoms with Gasteiger partial charge in [-0.05, 0) is 18.6 Å². The minimum atomic E-state index is 0.604. The summed E-state index contributed by atoms with van der Waals surface area (Å²) in [5.74, 6) is 1.90. The van der Waals surface area contributed by atoms with Crippen LogP contribution >= 0.6 is 0 Å². The second-order valence-electron chi connectivity index (χ2n) is 4.34. The second-order valence-corrected chi connectivity index (χ2v) is 4.34. The van der Waals surface area contributed by atoms with E-state index in [1.165, 1.54) is 0 Å². The first kappa shape index (κ1) is 13.2. The van der Waals surface area contributed by atoms with Crippen molar-refractivity contribution in [2.24, 2.45) is 0 Å². The Morgan fingerprint density at radius 1 is 1.11 bits per heavy atom. The topological polar surface area (TPSA) is 66.8 Å². The van der Waals surface area contributed by atoms with Crippen LogP contribution in [0, 0.1) is 0 Å². The van der Waals surface area contributed by atoms with Crippen molar-refractivity contribution < 1.29 is 0 Å². The Labute approximate surface area is 113 Å². The minimum absolute atomic E-state index is 0.604. The molecular formula is C13H18N6. The molecule has 0 aromatic carbocycles. The molecule has 0 saturated heterocycles. The molecule has 6 heteroatoms. The predicted octanol–water partition coefficient (Wildman–Crippen LogP) is 1.82. The van der Waals surface area contributed by atoms with E-state index < -0.39 is 0 Å². The lowest BCUT2D eigenvalue weighted by molar-refractivity contribution is 0.919. The Bertz CT molecular complexity index is 526. The fourth-order valence-electron chi connectivity index (χ4n) is 1.51. The quantitative estimate of drug-likeness (QED) is 0.882. The molecule has 0 aliphatic rings. The van der Waals surface area contributed by atoms with Crippen LogP contribution < -0.4 is 10.2 Å². The molecule has 2 aromatic heterocycles. The van der Waals surface area contributed by atoms with Gasteiger partial charge in [-0.15, -0.1) is 0 Å². The van der Waals surface area contributed by atoms with Crippen molar-refractivity contribution in [3.63, 3.8) is 0 Å². The highest BCUT2D eigenvalue weighted by molar-refractivity contribution is 5.57. The van der Waals surface area contributed by atoms with Crippen LogP contribution in [-0.4, -0.2) is 40.6 Å². The smallest absolute Gasteiger partial charge is 0.230 e. The summed E-state index contributed by atoms with van der Waals surface area (Å²) in [6, 6.07) is 3.77. The minimum Gasteiger partial charge on any atom is -0.354 e. The maximum absolute atomic E-state index is 4.45. The third-order valence-corrected chi connectivity index (χ3v) is 2.50. The molecule has 0 radical (unpaired) electrons. The lowest BCUT2D eigenvalue weighted by Gasteiger charge is -2.13. The van der Waals surface area contributed by atoms with Gasteiger partial charge in [-0.1, -0.05) is 6.92 Å². The van der Waals surface area contributed by atoms with E-state index in [-0.39, 0.29) is 0 Å². The van der Waals surface area contributed by atoms with Gasteiger partial charge in [0.05, 0.1) is 0 Å². The van der Waals surface area contributed by atoms with E-state index in [0.29, 0.717) is 17.7 Å². The SMILES string of the molecule is CCCNc1nc(-c2ccncc2)nc(N(C)C)n1.